The number of carbonyl (C=O) groups excluding carboxylic acids is 2. The lowest BCUT2D eigenvalue weighted by Gasteiger charge is -2.14. The van der Waals surface area contributed by atoms with Crippen LogP contribution < -0.4 is 10.6 Å². The Morgan fingerprint density at radius 3 is 3.06 bits per heavy atom. The Balaban J connectivity index is 2.15. The summed E-state index contributed by atoms with van der Waals surface area (Å²) in [5.74, 6) is -0.238. The zero-order chi connectivity index (χ0) is 12.4. The van der Waals surface area contributed by atoms with Crippen LogP contribution in [0.4, 0.5) is 5.69 Å². The van der Waals surface area contributed by atoms with E-state index in [-0.39, 0.29) is 23.7 Å². The van der Waals surface area contributed by atoms with E-state index in [9.17, 15) is 9.59 Å². The number of benzene rings is 1. The Bertz CT molecular complexity index is 474. The van der Waals surface area contributed by atoms with E-state index < -0.39 is 0 Å². The maximum Gasteiger partial charge on any atom is 0.235 e. The third-order valence-electron chi connectivity index (χ3n) is 2.75. The van der Waals surface area contributed by atoms with E-state index in [0.717, 1.165) is 16.8 Å². The molecule has 0 saturated carbocycles. The number of hydrogen-bond donors (Lipinski definition) is 2. The number of rotatable bonds is 3. The molecule has 5 heteroatoms. The van der Waals surface area contributed by atoms with Gasteiger partial charge in [-0.2, -0.15) is 0 Å². The summed E-state index contributed by atoms with van der Waals surface area (Å²) in [6.07, 6.45) is 0.402. The van der Waals surface area contributed by atoms with E-state index in [1.807, 2.05) is 25.1 Å². The van der Waals surface area contributed by atoms with Crippen LogP contribution in [0.1, 0.15) is 24.1 Å². The molecule has 1 heterocycles. The highest BCUT2D eigenvalue weighted by Gasteiger charge is 2.19. The van der Waals surface area contributed by atoms with Gasteiger partial charge in [-0.05, 0) is 24.1 Å². The minimum absolute atomic E-state index is 0.00889. The van der Waals surface area contributed by atoms with Crippen LogP contribution >= 0.6 is 11.6 Å². The molecule has 90 valence electrons. The molecule has 1 atom stereocenters. The van der Waals surface area contributed by atoms with Gasteiger partial charge in [-0.15, -0.1) is 11.6 Å². The van der Waals surface area contributed by atoms with Crippen molar-refractivity contribution in [1.82, 2.24) is 5.32 Å². The number of anilines is 1. The minimum atomic E-state index is -0.200. The largest absolute Gasteiger partial charge is 0.349 e. The lowest BCUT2D eigenvalue weighted by molar-refractivity contribution is -0.119. The third kappa shape index (κ3) is 2.58. The van der Waals surface area contributed by atoms with E-state index in [0.29, 0.717) is 6.42 Å². The fourth-order valence-corrected chi connectivity index (χ4v) is 1.96. The van der Waals surface area contributed by atoms with Crippen molar-refractivity contribution in [2.24, 2.45) is 0 Å². The monoisotopic (exact) mass is 252 g/mol. The molecule has 0 fully saturated rings. The second-order valence-corrected chi connectivity index (χ2v) is 4.33. The first kappa shape index (κ1) is 11.9. The highest BCUT2D eigenvalue weighted by atomic mass is 35.5. The summed E-state index contributed by atoms with van der Waals surface area (Å²) in [6, 6.07) is 5.58. The summed E-state index contributed by atoms with van der Waals surface area (Å²) in [4.78, 5) is 22.4. The summed E-state index contributed by atoms with van der Waals surface area (Å²) >= 11 is 5.43. The number of amides is 2. The van der Waals surface area contributed by atoms with Gasteiger partial charge in [-0.25, -0.2) is 0 Å². The number of nitrogens with one attached hydrogen (secondary N) is 2. The number of alkyl halides is 1. The van der Waals surface area contributed by atoms with Crippen molar-refractivity contribution in [2.75, 3.05) is 11.2 Å². The molecule has 1 aliphatic rings. The van der Waals surface area contributed by atoms with E-state index in [2.05, 4.69) is 10.6 Å². The third-order valence-corrected chi connectivity index (χ3v) is 3.00. The zero-order valence-electron chi connectivity index (χ0n) is 9.42. The van der Waals surface area contributed by atoms with Gasteiger partial charge < -0.3 is 10.6 Å². The second-order valence-electron chi connectivity index (χ2n) is 4.06. The molecule has 0 aliphatic carbocycles. The van der Waals surface area contributed by atoms with E-state index >= 15 is 0 Å². The SMILES string of the molecule is C[C@H](NC(=O)CCl)c1ccc2c(c1)CC(=O)N2. The van der Waals surface area contributed by atoms with Crippen LogP contribution in [-0.2, 0) is 16.0 Å². The molecular formula is C12H13ClN2O2. The van der Waals surface area contributed by atoms with Crippen molar-refractivity contribution in [2.45, 2.75) is 19.4 Å². The Labute approximate surface area is 104 Å². The quantitative estimate of drug-likeness (QED) is 0.803. The van der Waals surface area contributed by atoms with Gasteiger partial charge in [0.1, 0.15) is 5.88 Å². The molecule has 0 saturated heterocycles. The molecule has 2 rings (SSSR count). The number of fused-ring (bicyclic) bond motifs is 1. The highest BCUT2D eigenvalue weighted by Crippen LogP contribution is 2.26. The molecule has 1 aliphatic heterocycles. The second kappa shape index (κ2) is 4.75. The Morgan fingerprint density at radius 2 is 2.35 bits per heavy atom. The molecule has 0 unspecified atom stereocenters. The van der Waals surface area contributed by atoms with Crippen LogP contribution in [0, 0.1) is 0 Å². The van der Waals surface area contributed by atoms with Crippen LogP contribution in [0.5, 0.6) is 0 Å². The van der Waals surface area contributed by atoms with Gasteiger partial charge in [-0.3, -0.25) is 9.59 Å². The van der Waals surface area contributed by atoms with Gasteiger partial charge in [0.25, 0.3) is 0 Å². The highest BCUT2D eigenvalue weighted by molar-refractivity contribution is 6.27. The van der Waals surface area contributed by atoms with Crippen molar-refractivity contribution < 1.29 is 9.59 Å². The average Bonchev–Trinajstić information content (AvgIpc) is 2.67. The van der Waals surface area contributed by atoms with Crippen molar-refractivity contribution in [1.29, 1.82) is 0 Å². The predicted octanol–water partition coefficient (Wildman–Crippen LogP) is 1.60. The first-order valence-corrected chi connectivity index (χ1v) is 5.91. The van der Waals surface area contributed by atoms with Crippen molar-refractivity contribution in [3.8, 4) is 0 Å². The van der Waals surface area contributed by atoms with Crippen molar-refractivity contribution in [3.05, 3.63) is 29.3 Å². The van der Waals surface area contributed by atoms with Crippen LogP contribution in [0.3, 0.4) is 0 Å². The van der Waals surface area contributed by atoms with Gasteiger partial charge in [0.05, 0.1) is 12.5 Å². The Hall–Kier alpha value is -1.55. The smallest absolute Gasteiger partial charge is 0.235 e. The first-order valence-electron chi connectivity index (χ1n) is 5.38. The fourth-order valence-electron chi connectivity index (χ4n) is 1.88. The maximum atomic E-state index is 11.2. The molecule has 2 N–H and O–H groups in total. The summed E-state index contributed by atoms with van der Waals surface area (Å²) < 4.78 is 0. The van der Waals surface area contributed by atoms with Gasteiger partial charge in [0.2, 0.25) is 11.8 Å². The fraction of sp³-hybridized carbons (Fsp3) is 0.333. The van der Waals surface area contributed by atoms with Crippen molar-refractivity contribution >= 4 is 29.1 Å². The van der Waals surface area contributed by atoms with Gasteiger partial charge in [-0.1, -0.05) is 12.1 Å². The summed E-state index contributed by atoms with van der Waals surface area (Å²) in [5.41, 5.74) is 2.80. The van der Waals surface area contributed by atoms with Gasteiger partial charge >= 0.3 is 0 Å². The lowest BCUT2D eigenvalue weighted by Crippen LogP contribution is -2.27. The molecule has 4 nitrogen and oxygen atoms in total. The standard InChI is InChI=1S/C12H13ClN2O2/c1-7(14-12(17)6-13)8-2-3-10-9(4-8)5-11(16)15-10/h2-4,7H,5-6H2,1H3,(H,14,17)(H,15,16)/t7-/m0/s1. The molecular weight excluding hydrogens is 240 g/mol. The first-order chi connectivity index (χ1) is 8.10. The van der Waals surface area contributed by atoms with Crippen LogP contribution in [-0.4, -0.2) is 17.7 Å². The predicted molar refractivity (Wildman–Crippen MR) is 66.1 cm³/mol. The molecule has 1 aromatic rings. The van der Waals surface area contributed by atoms with Crippen LogP contribution in [0.25, 0.3) is 0 Å². The molecule has 0 spiro atoms. The van der Waals surface area contributed by atoms with Gasteiger partial charge in [0.15, 0.2) is 0 Å². The van der Waals surface area contributed by atoms with E-state index in [1.165, 1.54) is 0 Å². The normalized spacial score (nSPS) is 15.1. The molecule has 17 heavy (non-hydrogen) atoms. The summed E-state index contributed by atoms with van der Waals surface area (Å²) in [7, 11) is 0. The van der Waals surface area contributed by atoms with Crippen LogP contribution in [0.2, 0.25) is 0 Å². The summed E-state index contributed by atoms with van der Waals surface area (Å²) in [6.45, 7) is 1.89. The number of halogens is 1. The lowest BCUT2D eigenvalue weighted by atomic mass is 10.0. The van der Waals surface area contributed by atoms with E-state index in [1.54, 1.807) is 0 Å². The van der Waals surface area contributed by atoms with Crippen molar-refractivity contribution in [3.63, 3.8) is 0 Å². The maximum absolute atomic E-state index is 11.2. The average molecular weight is 253 g/mol. The number of hydrogen-bond acceptors (Lipinski definition) is 2. The minimum Gasteiger partial charge on any atom is -0.349 e. The zero-order valence-corrected chi connectivity index (χ0v) is 10.2. The number of carbonyl (C=O) groups is 2. The van der Waals surface area contributed by atoms with Crippen LogP contribution in [0.15, 0.2) is 18.2 Å². The molecule has 0 aromatic heterocycles. The topological polar surface area (TPSA) is 58.2 Å². The molecule has 0 radical (unpaired) electrons. The Morgan fingerprint density at radius 1 is 1.59 bits per heavy atom. The molecule has 1 aromatic carbocycles. The molecule has 2 amide bonds. The van der Waals surface area contributed by atoms with Gasteiger partial charge in [0, 0.05) is 5.69 Å². The summed E-state index contributed by atoms with van der Waals surface area (Å²) in [5, 5.41) is 5.54. The van der Waals surface area contributed by atoms with E-state index in [4.69, 9.17) is 11.6 Å². The molecule has 0 bridgehead atoms. The Kier molecular flexibility index (Phi) is 3.33.